The minimum atomic E-state index is 0.190. The van der Waals surface area contributed by atoms with E-state index in [4.69, 9.17) is 23.2 Å². The first-order valence-corrected chi connectivity index (χ1v) is 6.59. The molecule has 1 aromatic heterocycles. The van der Waals surface area contributed by atoms with Gasteiger partial charge in [0, 0.05) is 18.3 Å². The van der Waals surface area contributed by atoms with Crippen molar-refractivity contribution in [3.05, 3.63) is 22.2 Å². The highest BCUT2D eigenvalue weighted by Crippen LogP contribution is 2.14. The van der Waals surface area contributed by atoms with Crippen molar-refractivity contribution in [2.75, 3.05) is 19.6 Å². The minimum absolute atomic E-state index is 0.190. The van der Waals surface area contributed by atoms with E-state index < -0.39 is 0 Å². The molecule has 0 radical (unpaired) electrons. The monoisotopic (exact) mass is 274 g/mol. The summed E-state index contributed by atoms with van der Waals surface area (Å²) in [5, 5.41) is 7.40. The van der Waals surface area contributed by atoms with Gasteiger partial charge in [0.25, 0.3) is 0 Å². The van der Waals surface area contributed by atoms with Gasteiger partial charge in [-0.1, -0.05) is 11.6 Å². The van der Waals surface area contributed by atoms with Gasteiger partial charge in [0.1, 0.15) is 5.15 Å². The van der Waals surface area contributed by atoms with E-state index in [1.807, 2.05) is 0 Å². The SMILES string of the molecule is Clc1ncc(CNC[C@@H]2CCCNC2)c(Cl)n1. The van der Waals surface area contributed by atoms with E-state index in [9.17, 15) is 0 Å². The lowest BCUT2D eigenvalue weighted by Gasteiger charge is -2.22. The maximum atomic E-state index is 5.96. The van der Waals surface area contributed by atoms with Crippen LogP contribution in [-0.4, -0.2) is 29.6 Å². The zero-order valence-electron chi connectivity index (χ0n) is 9.55. The predicted molar refractivity (Wildman–Crippen MR) is 69.4 cm³/mol. The molecule has 1 saturated heterocycles. The molecule has 1 aliphatic heterocycles. The number of nitrogens with one attached hydrogen (secondary N) is 2. The van der Waals surface area contributed by atoms with Crippen molar-refractivity contribution in [1.82, 2.24) is 20.6 Å². The van der Waals surface area contributed by atoms with E-state index in [-0.39, 0.29) is 5.28 Å². The van der Waals surface area contributed by atoms with Gasteiger partial charge in [-0.3, -0.25) is 0 Å². The van der Waals surface area contributed by atoms with Crippen LogP contribution in [0.3, 0.4) is 0 Å². The molecule has 1 fully saturated rings. The lowest BCUT2D eigenvalue weighted by molar-refractivity contribution is 0.360. The number of rotatable bonds is 4. The maximum absolute atomic E-state index is 5.96. The molecule has 94 valence electrons. The number of hydrogen-bond acceptors (Lipinski definition) is 4. The van der Waals surface area contributed by atoms with Crippen LogP contribution in [0.1, 0.15) is 18.4 Å². The second-order valence-corrected chi connectivity index (χ2v) is 4.99. The summed E-state index contributed by atoms with van der Waals surface area (Å²) < 4.78 is 0. The van der Waals surface area contributed by atoms with Crippen molar-refractivity contribution in [2.45, 2.75) is 19.4 Å². The molecule has 0 aromatic carbocycles. The fraction of sp³-hybridized carbons (Fsp3) is 0.636. The second-order valence-electron chi connectivity index (χ2n) is 4.30. The van der Waals surface area contributed by atoms with Gasteiger partial charge in [-0.15, -0.1) is 0 Å². The van der Waals surface area contributed by atoms with Gasteiger partial charge in [0.2, 0.25) is 5.28 Å². The summed E-state index contributed by atoms with van der Waals surface area (Å²) >= 11 is 11.6. The Morgan fingerprint density at radius 3 is 3.06 bits per heavy atom. The van der Waals surface area contributed by atoms with Crippen LogP contribution in [0.15, 0.2) is 6.20 Å². The maximum Gasteiger partial charge on any atom is 0.223 e. The van der Waals surface area contributed by atoms with E-state index in [0.717, 1.165) is 25.2 Å². The summed E-state index contributed by atoms with van der Waals surface area (Å²) in [6.07, 6.45) is 4.21. The van der Waals surface area contributed by atoms with E-state index in [1.165, 1.54) is 12.8 Å². The molecule has 17 heavy (non-hydrogen) atoms. The van der Waals surface area contributed by atoms with Gasteiger partial charge in [0.05, 0.1) is 0 Å². The fourth-order valence-electron chi connectivity index (χ4n) is 1.99. The summed E-state index contributed by atoms with van der Waals surface area (Å²) in [5.74, 6) is 0.704. The van der Waals surface area contributed by atoms with Crippen molar-refractivity contribution >= 4 is 23.2 Å². The summed E-state index contributed by atoms with van der Waals surface area (Å²) in [6.45, 7) is 3.92. The Hall–Kier alpha value is -0.420. The zero-order valence-corrected chi connectivity index (χ0v) is 11.1. The van der Waals surface area contributed by atoms with E-state index in [2.05, 4.69) is 20.6 Å². The summed E-state index contributed by atoms with van der Waals surface area (Å²) in [6, 6.07) is 0. The zero-order chi connectivity index (χ0) is 12.1. The van der Waals surface area contributed by atoms with Crippen LogP contribution in [0, 0.1) is 5.92 Å². The molecule has 4 nitrogen and oxygen atoms in total. The Labute approximate surface area is 111 Å². The number of piperidine rings is 1. The fourth-order valence-corrected chi connectivity index (χ4v) is 2.37. The topological polar surface area (TPSA) is 49.8 Å². The number of hydrogen-bond donors (Lipinski definition) is 2. The van der Waals surface area contributed by atoms with Gasteiger partial charge in [-0.2, -0.15) is 0 Å². The minimum Gasteiger partial charge on any atom is -0.316 e. The highest BCUT2D eigenvalue weighted by Gasteiger charge is 2.12. The van der Waals surface area contributed by atoms with Crippen LogP contribution < -0.4 is 10.6 Å². The van der Waals surface area contributed by atoms with Crippen molar-refractivity contribution in [2.24, 2.45) is 5.92 Å². The van der Waals surface area contributed by atoms with E-state index in [1.54, 1.807) is 6.20 Å². The van der Waals surface area contributed by atoms with Gasteiger partial charge >= 0.3 is 0 Å². The summed E-state index contributed by atoms with van der Waals surface area (Å²) in [5.41, 5.74) is 0.889. The molecule has 6 heteroatoms. The molecule has 2 rings (SSSR count). The molecule has 0 unspecified atom stereocenters. The standard InChI is InChI=1S/C11H16Cl2N4/c12-10-9(7-16-11(13)17-10)6-15-5-8-2-1-3-14-4-8/h7-8,14-15H,1-6H2/t8-/m1/s1. The highest BCUT2D eigenvalue weighted by molar-refractivity contribution is 6.32. The predicted octanol–water partition coefficient (Wildman–Crippen LogP) is 1.87. The molecule has 0 saturated carbocycles. The highest BCUT2D eigenvalue weighted by atomic mass is 35.5. The number of halogens is 2. The van der Waals surface area contributed by atoms with Crippen molar-refractivity contribution in [3.8, 4) is 0 Å². The number of nitrogens with zero attached hydrogens (tertiary/aromatic N) is 2. The van der Waals surface area contributed by atoms with Crippen LogP contribution in [0.4, 0.5) is 0 Å². The molecule has 1 aliphatic rings. The largest absolute Gasteiger partial charge is 0.316 e. The second kappa shape index (κ2) is 6.50. The summed E-state index contributed by atoms with van der Waals surface area (Å²) in [7, 11) is 0. The Kier molecular flexibility index (Phi) is 4.98. The van der Waals surface area contributed by atoms with Crippen LogP contribution in [0.2, 0.25) is 10.4 Å². The van der Waals surface area contributed by atoms with Gasteiger partial charge in [-0.05, 0) is 50.0 Å². The quantitative estimate of drug-likeness (QED) is 0.650. The van der Waals surface area contributed by atoms with Gasteiger partial charge in [-0.25, -0.2) is 9.97 Å². The van der Waals surface area contributed by atoms with Gasteiger partial charge in [0.15, 0.2) is 0 Å². The lowest BCUT2D eigenvalue weighted by Crippen LogP contribution is -2.35. The molecule has 0 aliphatic carbocycles. The first-order chi connectivity index (χ1) is 8.25. The van der Waals surface area contributed by atoms with Crippen molar-refractivity contribution < 1.29 is 0 Å². The molecule has 1 aromatic rings. The Morgan fingerprint density at radius 2 is 2.35 bits per heavy atom. The van der Waals surface area contributed by atoms with Gasteiger partial charge < -0.3 is 10.6 Å². The molecule has 2 heterocycles. The molecule has 0 spiro atoms. The third kappa shape index (κ3) is 4.07. The molecule has 2 N–H and O–H groups in total. The molecular weight excluding hydrogens is 259 g/mol. The van der Waals surface area contributed by atoms with E-state index in [0.29, 0.717) is 17.6 Å². The van der Waals surface area contributed by atoms with Crippen LogP contribution in [0.5, 0.6) is 0 Å². The van der Waals surface area contributed by atoms with Crippen LogP contribution >= 0.6 is 23.2 Å². The molecule has 1 atom stereocenters. The first kappa shape index (κ1) is 13.0. The van der Waals surface area contributed by atoms with E-state index >= 15 is 0 Å². The van der Waals surface area contributed by atoms with Crippen LogP contribution in [0.25, 0.3) is 0 Å². The third-order valence-corrected chi connectivity index (χ3v) is 3.44. The Bertz CT molecular complexity index is 366. The normalized spacial score (nSPS) is 20.5. The Balaban J connectivity index is 1.77. The number of aromatic nitrogens is 2. The summed E-state index contributed by atoms with van der Waals surface area (Å²) in [4.78, 5) is 7.83. The average molecular weight is 275 g/mol. The molecular formula is C11H16Cl2N4. The van der Waals surface area contributed by atoms with Crippen molar-refractivity contribution in [1.29, 1.82) is 0 Å². The van der Waals surface area contributed by atoms with Crippen LogP contribution in [-0.2, 0) is 6.54 Å². The smallest absolute Gasteiger partial charge is 0.223 e. The first-order valence-electron chi connectivity index (χ1n) is 5.84. The average Bonchev–Trinajstić information content (AvgIpc) is 2.33. The molecule has 0 amide bonds. The lowest BCUT2D eigenvalue weighted by atomic mass is 10.00. The third-order valence-electron chi connectivity index (χ3n) is 2.93. The molecule has 0 bridgehead atoms. The van der Waals surface area contributed by atoms with Crippen molar-refractivity contribution in [3.63, 3.8) is 0 Å². The Morgan fingerprint density at radius 1 is 1.47 bits per heavy atom.